The van der Waals surface area contributed by atoms with Gasteiger partial charge in [-0.05, 0) is 18.2 Å². The summed E-state index contributed by atoms with van der Waals surface area (Å²) >= 11 is 1.42. The molecular formula is C16H15N5OS. The molecule has 0 unspecified atom stereocenters. The molecule has 0 spiro atoms. The maximum atomic E-state index is 7.62. The van der Waals surface area contributed by atoms with Crippen molar-refractivity contribution in [2.24, 2.45) is 16.5 Å². The molecule has 3 aromatic rings. The van der Waals surface area contributed by atoms with Gasteiger partial charge in [-0.2, -0.15) is 0 Å². The molecule has 6 nitrogen and oxygen atoms in total. The SMILES string of the molecule is COc1ccc2nc(/N=C(\N)c3ccccc3C(=N)N)sc2c1. The van der Waals surface area contributed by atoms with Gasteiger partial charge in [0.1, 0.15) is 17.4 Å². The number of nitrogens with two attached hydrogens (primary N) is 2. The normalized spacial score (nSPS) is 11.6. The van der Waals surface area contributed by atoms with Crippen molar-refractivity contribution in [3.05, 3.63) is 53.6 Å². The number of aliphatic imine (C=N–C) groups is 1. The fraction of sp³-hybridized carbons (Fsp3) is 0.0625. The van der Waals surface area contributed by atoms with Gasteiger partial charge in [0.2, 0.25) is 5.13 Å². The van der Waals surface area contributed by atoms with Crippen LogP contribution in [0.15, 0.2) is 47.5 Å². The molecule has 1 heterocycles. The topological polar surface area (TPSA) is 110 Å². The van der Waals surface area contributed by atoms with Crippen LogP contribution in [-0.2, 0) is 0 Å². The molecular weight excluding hydrogens is 310 g/mol. The molecule has 23 heavy (non-hydrogen) atoms. The maximum Gasteiger partial charge on any atom is 0.212 e. The number of amidine groups is 2. The van der Waals surface area contributed by atoms with E-state index in [0.29, 0.717) is 16.3 Å². The highest BCUT2D eigenvalue weighted by Gasteiger charge is 2.10. The Morgan fingerprint density at radius 2 is 1.91 bits per heavy atom. The summed E-state index contributed by atoms with van der Waals surface area (Å²) in [7, 11) is 1.62. The number of rotatable bonds is 4. The number of nitrogen functional groups attached to an aromatic ring is 1. The largest absolute Gasteiger partial charge is 0.497 e. The third-order valence-corrected chi connectivity index (χ3v) is 4.21. The highest BCUT2D eigenvalue weighted by molar-refractivity contribution is 7.22. The average molecular weight is 325 g/mol. The van der Waals surface area contributed by atoms with Crippen molar-refractivity contribution in [1.82, 2.24) is 4.98 Å². The molecule has 5 N–H and O–H groups in total. The Bertz CT molecular complexity index is 916. The molecule has 0 saturated carbocycles. The van der Waals surface area contributed by atoms with Gasteiger partial charge in [0.15, 0.2) is 0 Å². The zero-order valence-corrected chi connectivity index (χ0v) is 13.2. The molecule has 116 valence electrons. The van der Waals surface area contributed by atoms with Crippen LogP contribution in [0.25, 0.3) is 10.2 Å². The summed E-state index contributed by atoms with van der Waals surface area (Å²) in [6.07, 6.45) is 0. The maximum absolute atomic E-state index is 7.62. The van der Waals surface area contributed by atoms with E-state index in [1.807, 2.05) is 24.3 Å². The molecule has 0 radical (unpaired) electrons. The zero-order valence-electron chi connectivity index (χ0n) is 12.4. The van der Waals surface area contributed by atoms with E-state index in [9.17, 15) is 0 Å². The second-order valence-corrected chi connectivity index (χ2v) is 5.80. The second kappa shape index (κ2) is 6.05. The quantitative estimate of drug-likeness (QED) is 0.506. The summed E-state index contributed by atoms with van der Waals surface area (Å²) in [6.45, 7) is 0. The van der Waals surface area contributed by atoms with E-state index in [2.05, 4.69) is 9.98 Å². The van der Waals surface area contributed by atoms with Crippen molar-refractivity contribution < 1.29 is 4.74 Å². The first kappa shape index (κ1) is 15.0. The fourth-order valence-electron chi connectivity index (χ4n) is 2.17. The zero-order chi connectivity index (χ0) is 16.4. The van der Waals surface area contributed by atoms with Crippen LogP contribution in [-0.4, -0.2) is 23.8 Å². The molecule has 0 bridgehead atoms. The molecule has 0 aliphatic rings. The van der Waals surface area contributed by atoms with E-state index >= 15 is 0 Å². The monoisotopic (exact) mass is 325 g/mol. The average Bonchev–Trinajstić information content (AvgIpc) is 2.95. The minimum absolute atomic E-state index is 0.0483. The van der Waals surface area contributed by atoms with Crippen LogP contribution in [0.4, 0.5) is 5.13 Å². The van der Waals surface area contributed by atoms with Crippen LogP contribution < -0.4 is 16.2 Å². The van der Waals surface area contributed by atoms with Gasteiger partial charge in [0, 0.05) is 11.1 Å². The van der Waals surface area contributed by atoms with E-state index in [-0.39, 0.29) is 11.7 Å². The summed E-state index contributed by atoms with van der Waals surface area (Å²) in [5, 5.41) is 8.17. The number of thiazole rings is 1. The van der Waals surface area contributed by atoms with Crippen LogP contribution in [0.3, 0.4) is 0 Å². The van der Waals surface area contributed by atoms with Gasteiger partial charge in [-0.15, -0.1) is 0 Å². The first-order valence-electron chi connectivity index (χ1n) is 6.81. The Kier molecular flexibility index (Phi) is 3.94. The third kappa shape index (κ3) is 3.00. The first-order chi connectivity index (χ1) is 11.1. The molecule has 0 amide bonds. The number of hydrogen-bond donors (Lipinski definition) is 3. The van der Waals surface area contributed by atoms with Crippen molar-refractivity contribution >= 4 is 38.4 Å². The number of aromatic nitrogens is 1. The number of nitrogens with zero attached hydrogens (tertiary/aromatic N) is 2. The highest BCUT2D eigenvalue weighted by atomic mass is 32.1. The van der Waals surface area contributed by atoms with Crippen LogP contribution in [0.5, 0.6) is 5.75 Å². The second-order valence-electron chi connectivity index (χ2n) is 4.79. The number of fused-ring (bicyclic) bond motifs is 1. The first-order valence-corrected chi connectivity index (χ1v) is 7.62. The van der Waals surface area contributed by atoms with Gasteiger partial charge in [-0.3, -0.25) is 5.41 Å². The molecule has 3 rings (SSSR count). The lowest BCUT2D eigenvalue weighted by Gasteiger charge is -2.06. The summed E-state index contributed by atoms with van der Waals surface area (Å²) in [5.41, 5.74) is 13.7. The number of nitrogens with one attached hydrogen (secondary N) is 1. The van der Waals surface area contributed by atoms with Gasteiger partial charge in [-0.25, -0.2) is 9.98 Å². The highest BCUT2D eigenvalue weighted by Crippen LogP contribution is 2.31. The Labute approximate surface area is 136 Å². The smallest absolute Gasteiger partial charge is 0.212 e. The minimum atomic E-state index is -0.0483. The van der Waals surface area contributed by atoms with Gasteiger partial charge >= 0.3 is 0 Å². The van der Waals surface area contributed by atoms with Crippen molar-refractivity contribution in [3.63, 3.8) is 0 Å². The standard InChI is InChI=1S/C16H15N5OS/c1-22-9-6-7-12-13(8-9)23-16(20-12)21-15(19)11-5-3-2-4-10(11)14(17)18/h2-8H,1H3,(H3,17,18)(H2,19,20,21). The van der Waals surface area contributed by atoms with Gasteiger partial charge < -0.3 is 16.2 Å². The number of ether oxygens (including phenoxy) is 1. The molecule has 0 fully saturated rings. The van der Waals surface area contributed by atoms with E-state index in [0.717, 1.165) is 16.0 Å². The van der Waals surface area contributed by atoms with Crippen LogP contribution in [0.1, 0.15) is 11.1 Å². The van der Waals surface area contributed by atoms with Crippen molar-refractivity contribution in [2.75, 3.05) is 7.11 Å². The van der Waals surface area contributed by atoms with E-state index < -0.39 is 0 Å². The molecule has 2 aromatic carbocycles. The fourth-order valence-corrected chi connectivity index (χ4v) is 3.05. The van der Waals surface area contributed by atoms with Crippen LogP contribution >= 0.6 is 11.3 Å². The lowest BCUT2D eigenvalue weighted by atomic mass is 10.1. The Hall–Kier alpha value is -2.93. The number of benzene rings is 2. The van der Waals surface area contributed by atoms with Crippen LogP contribution in [0, 0.1) is 5.41 Å². The summed E-state index contributed by atoms with van der Waals surface area (Å²) in [4.78, 5) is 8.81. The van der Waals surface area contributed by atoms with E-state index in [1.165, 1.54) is 11.3 Å². The van der Waals surface area contributed by atoms with Crippen molar-refractivity contribution in [3.8, 4) is 5.75 Å². The Balaban J connectivity index is 2.02. The molecule has 0 aliphatic carbocycles. The molecule has 0 atom stereocenters. The van der Waals surface area contributed by atoms with E-state index in [4.69, 9.17) is 21.6 Å². The summed E-state index contributed by atoms with van der Waals surface area (Å²) in [6, 6.07) is 12.8. The predicted octanol–water partition coefficient (Wildman–Crippen LogP) is 2.63. The summed E-state index contributed by atoms with van der Waals surface area (Å²) < 4.78 is 6.17. The lowest BCUT2D eigenvalue weighted by molar-refractivity contribution is 0.415. The number of methoxy groups -OCH3 is 1. The lowest BCUT2D eigenvalue weighted by Crippen LogP contribution is -2.21. The minimum Gasteiger partial charge on any atom is -0.497 e. The van der Waals surface area contributed by atoms with E-state index in [1.54, 1.807) is 25.3 Å². The molecule has 1 aromatic heterocycles. The van der Waals surface area contributed by atoms with Gasteiger partial charge in [0.25, 0.3) is 0 Å². The Morgan fingerprint density at radius 1 is 1.17 bits per heavy atom. The Morgan fingerprint density at radius 3 is 2.61 bits per heavy atom. The summed E-state index contributed by atoms with van der Waals surface area (Å²) in [5.74, 6) is 1.00. The van der Waals surface area contributed by atoms with Gasteiger partial charge in [-0.1, -0.05) is 35.6 Å². The van der Waals surface area contributed by atoms with Gasteiger partial charge in [0.05, 0.1) is 17.3 Å². The molecule has 7 heteroatoms. The molecule has 0 aliphatic heterocycles. The van der Waals surface area contributed by atoms with Crippen molar-refractivity contribution in [2.45, 2.75) is 0 Å². The molecule has 0 saturated heterocycles. The number of hydrogen-bond acceptors (Lipinski definition) is 5. The van der Waals surface area contributed by atoms with Crippen LogP contribution in [0.2, 0.25) is 0 Å². The third-order valence-electron chi connectivity index (χ3n) is 3.29. The van der Waals surface area contributed by atoms with Crippen molar-refractivity contribution in [1.29, 1.82) is 5.41 Å². The predicted molar refractivity (Wildman–Crippen MR) is 94.0 cm³/mol.